The van der Waals surface area contributed by atoms with E-state index in [1.807, 2.05) is 18.2 Å². The molecule has 0 spiro atoms. The van der Waals surface area contributed by atoms with Crippen LogP contribution in [0.1, 0.15) is 37.2 Å². The van der Waals surface area contributed by atoms with Gasteiger partial charge in [0.25, 0.3) is 0 Å². The summed E-state index contributed by atoms with van der Waals surface area (Å²) in [6.45, 7) is 4.12. The zero-order valence-corrected chi connectivity index (χ0v) is 12.5. The molecule has 1 unspecified atom stereocenters. The first-order valence-electron chi connectivity index (χ1n) is 6.20. The number of benzene rings is 1. The van der Waals surface area contributed by atoms with Crippen molar-refractivity contribution < 1.29 is 4.39 Å². The van der Waals surface area contributed by atoms with Crippen LogP contribution in [0.15, 0.2) is 47.1 Å². The van der Waals surface area contributed by atoms with E-state index in [1.54, 1.807) is 12.3 Å². The molecule has 0 saturated heterocycles. The molecule has 4 heteroatoms. The Hall–Kier alpha value is -1.26. The zero-order valence-electron chi connectivity index (χ0n) is 10.9. The Morgan fingerprint density at radius 2 is 1.95 bits per heavy atom. The molecule has 100 valence electrons. The molecule has 0 amide bonds. The molecule has 2 rings (SSSR count). The van der Waals surface area contributed by atoms with Gasteiger partial charge in [-0.1, -0.05) is 28.1 Å². The minimum atomic E-state index is -0.236. The number of halogens is 2. The summed E-state index contributed by atoms with van der Waals surface area (Å²) in [7, 11) is 0. The largest absolute Gasteiger partial charge is 0.302 e. The summed E-state index contributed by atoms with van der Waals surface area (Å²) in [4.78, 5) is 4.33. The van der Waals surface area contributed by atoms with Crippen LogP contribution in [0.2, 0.25) is 0 Å². The highest BCUT2D eigenvalue weighted by Crippen LogP contribution is 2.26. The number of pyridine rings is 1. The molecule has 2 atom stereocenters. The maximum atomic E-state index is 13.1. The van der Waals surface area contributed by atoms with Gasteiger partial charge in [-0.2, -0.15) is 0 Å². The van der Waals surface area contributed by atoms with Gasteiger partial charge in [0.15, 0.2) is 0 Å². The van der Waals surface area contributed by atoms with Crippen molar-refractivity contribution in [3.05, 3.63) is 64.1 Å². The number of hydrogen-bond acceptors (Lipinski definition) is 2. The number of aromatic nitrogens is 1. The Balaban J connectivity index is 2.10. The second-order valence-electron chi connectivity index (χ2n) is 4.53. The van der Waals surface area contributed by atoms with Crippen molar-refractivity contribution in [2.75, 3.05) is 0 Å². The van der Waals surface area contributed by atoms with E-state index in [4.69, 9.17) is 0 Å². The topological polar surface area (TPSA) is 24.9 Å². The van der Waals surface area contributed by atoms with E-state index < -0.39 is 0 Å². The maximum absolute atomic E-state index is 13.1. The molecule has 2 nitrogen and oxygen atoms in total. The quantitative estimate of drug-likeness (QED) is 0.902. The normalized spacial score (nSPS) is 14.1. The van der Waals surface area contributed by atoms with Gasteiger partial charge in [0.2, 0.25) is 0 Å². The fourth-order valence-corrected chi connectivity index (χ4v) is 2.73. The highest BCUT2D eigenvalue weighted by molar-refractivity contribution is 9.10. The van der Waals surface area contributed by atoms with Crippen LogP contribution in [-0.4, -0.2) is 4.98 Å². The predicted octanol–water partition coefficient (Wildman–Crippen LogP) is 4.40. The monoisotopic (exact) mass is 322 g/mol. The van der Waals surface area contributed by atoms with E-state index in [1.165, 1.54) is 12.1 Å². The highest BCUT2D eigenvalue weighted by Gasteiger charge is 2.14. The predicted molar refractivity (Wildman–Crippen MR) is 78.3 cm³/mol. The molecule has 0 aliphatic rings. The van der Waals surface area contributed by atoms with E-state index in [-0.39, 0.29) is 17.9 Å². The van der Waals surface area contributed by atoms with Crippen LogP contribution in [0.3, 0.4) is 0 Å². The first-order chi connectivity index (χ1) is 9.08. The van der Waals surface area contributed by atoms with E-state index in [0.29, 0.717) is 0 Å². The van der Waals surface area contributed by atoms with Gasteiger partial charge < -0.3 is 5.32 Å². The second kappa shape index (κ2) is 6.26. The zero-order chi connectivity index (χ0) is 13.8. The molecule has 2 aromatic rings. The smallest absolute Gasteiger partial charge is 0.124 e. The lowest BCUT2D eigenvalue weighted by Gasteiger charge is -2.21. The molecule has 19 heavy (non-hydrogen) atoms. The van der Waals surface area contributed by atoms with Crippen LogP contribution < -0.4 is 5.32 Å². The SMILES string of the molecule is CC(N[C@@H](C)c1ccccn1)c1ccc(F)cc1Br. The summed E-state index contributed by atoms with van der Waals surface area (Å²) in [5.41, 5.74) is 2.02. The Morgan fingerprint density at radius 3 is 2.58 bits per heavy atom. The summed E-state index contributed by atoms with van der Waals surface area (Å²) in [5.74, 6) is -0.236. The van der Waals surface area contributed by atoms with Crippen molar-refractivity contribution in [2.24, 2.45) is 0 Å². The minimum Gasteiger partial charge on any atom is -0.302 e. The molecule has 1 heterocycles. The minimum absolute atomic E-state index is 0.104. The summed E-state index contributed by atoms with van der Waals surface area (Å²) in [5, 5.41) is 3.46. The Labute approximate surface area is 121 Å². The van der Waals surface area contributed by atoms with Crippen molar-refractivity contribution in [1.29, 1.82) is 0 Å². The lowest BCUT2D eigenvalue weighted by Crippen LogP contribution is -2.23. The van der Waals surface area contributed by atoms with Crippen molar-refractivity contribution >= 4 is 15.9 Å². The van der Waals surface area contributed by atoms with Gasteiger partial charge >= 0.3 is 0 Å². The fourth-order valence-electron chi connectivity index (χ4n) is 2.03. The fraction of sp³-hybridized carbons (Fsp3) is 0.267. The Bertz CT molecular complexity index is 545. The van der Waals surface area contributed by atoms with Gasteiger partial charge in [-0.25, -0.2) is 4.39 Å². The number of hydrogen-bond donors (Lipinski definition) is 1. The lowest BCUT2D eigenvalue weighted by atomic mass is 10.1. The summed E-state index contributed by atoms with van der Waals surface area (Å²) in [6, 6.07) is 10.9. The molecular weight excluding hydrogens is 307 g/mol. The van der Waals surface area contributed by atoms with E-state index >= 15 is 0 Å². The van der Waals surface area contributed by atoms with Crippen LogP contribution in [0.25, 0.3) is 0 Å². The van der Waals surface area contributed by atoms with E-state index in [0.717, 1.165) is 15.7 Å². The summed E-state index contributed by atoms with van der Waals surface area (Å²) < 4.78 is 13.9. The van der Waals surface area contributed by atoms with Crippen LogP contribution in [0.4, 0.5) is 4.39 Å². The van der Waals surface area contributed by atoms with Gasteiger partial charge in [-0.3, -0.25) is 4.98 Å². The molecule has 1 N–H and O–H groups in total. The van der Waals surface area contributed by atoms with Crippen LogP contribution in [0, 0.1) is 5.82 Å². The van der Waals surface area contributed by atoms with Crippen LogP contribution in [0.5, 0.6) is 0 Å². The average molecular weight is 323 g/mol. The maximum Gasteiger partial charge on any atom is 0.124 e. The first-order valence-corrected chi connectivity index (χ1v) is 6.99. The molecule has 1 aromatic heterocycles. The van der Waals surface area contributed by atoms with Gasteiger partial charge in [0, 0.05) is 22.8 Å². The number of nitrogens with zero attached hydrogens (tertiary/aromatic N) is 1. The standard InChI is InChI=1S/C15H16BrFN2/c1-10(13-7-6-12(17)9-14(13)16)19-11(2)15-5-3-4-8-18-15/h3-11,19H,1-2H3/t10?,11-/m0/s1. The lowest BCUT2D eigenvalue weighted by molar-refractivity contribution is 0.484. The molecule has 0 saturated carbocycles. The number of rotatable bonds is 4. The molecule has 1 aromatic carbocycles. The van der Waals surface area contributed by atoms with Crippen molar-refractivity contribution in [3.63, 3.8) is 0 Å². The van der Waals surface area contributed by atoms with E-state index in [2.05, 4.69) is 40.1 Å². The van der Waals surface area contributed by atoms with Gasteiger partial charge in [-0.05, 0) is 43.7 Å². The molecule has 0 radical (unpaired) electrons. The second-order valence-corrected chi connectivity index (χ2v) is 5.38. The highest BCUT2D eigenvalue weighted by atomic mass is 79.9. The third-order valence-electron chi connectivity index (χ3n) is 3.06. The summed E-state index contributed by atoms with van der Waals surface area (Å²) >= 11 is 3.40. The molecule has 0 aliphatic heterocycles. The van der Waals surface area contributed by atoms with Gasteiger partial charge in [-0.15, -0.1) is 0 Å². The third kappa shape index (κ3) is 3.61. The third-order valence-corrected chi connectivity index (χ3v) is 3.75. The van der Waals surface area contributed by atoms with Crippen LogP contribution in [-0.2, 0) is 0 Å². The molecule has 0 fully saturated rings. The molecule has 0 bridgehead atoms. The average Bonchev–Trinajstić information content (AvgIpc) is 2.39. The Morgan fingerprint density at radius 1 is 1.16 bits per heavy atom. The first kappa shape index (κ1) is 14.2. The van der Waals surface area contributed by atoms with Crippen LogP contribution >= 0.6 is 15.9 Å². The van der Waals surface area contributed by atoms with Gasteiger partial charge in [0.05, 0.1) is 5.69 Å². The van der Waals surface area contributed by atoms with Crippen molar-refractivity contribution in [3.8, 4) is 0 Å². The number of nitrogens with one attached hydrogen (secondary N) is 1. The Kier molecular flexibility index (Phi) is 4.66. The van der Waals surface area contributed by atoms with E-state index in [9.17, 15) is 4.39 Å². The van der Waals surface area contributed by atoms with Gasteiger partial charge in [0.1, 0.15) is 5.82 Å². The molecular formula is C15H16BrFN2. The molecule has 0 aliphatic carbocycles. The summed E-state index contributed by atoms with van der Waals surface area (Å²) in [6.07, 6.45) is 1.78. The van der Waals surface area contributed by atoms with Crippen molar-refractivity contribution in [2.45, 2.75) is 25.9 Å². The van der Waals surface area contributed by atoms with Crippen molar-refractivity contribution in [1.82, 2.24) is 10.3 Å².